The number of hydrogen-bond donors (Lipinski definition) is 4. The number of aromatic nitrogens is 1. The van der Waals surface area contributed by atoms with E-state index in [1.807, 2.05) is 26.0 Å². The average Bonchev–Trinajstić information content (AvgIpc) is 2.92. The van der Waals surface area contributed by atoms with Gasteiger partial charge in [-0.15, -0.1) is 0 Å². The van der Waals surface area contributed by atoms with Gasteiger partial charge in [0.25, 0.3) is 5.56 Å². The summed E-state index contributed by atoms with van der Waals surface area (Å²) in [5.41, 5.74) is 2.06. The van der Waals surface area contributed by atoms with Crippen LogP contribution in [0.1, 0.15) is 53.4 Å². The predicted molar refractivity (Wildman–Crippen MR) is 144 cm³/mol. The zero-order chi connectivity index (χ0) is 27.9. The number of benzene rings is 2. The fraction of sp³-hybridized carbons (Fsp3) is 0.400. The van der Waals surface area contributed by atoms with Crippen LogP contribution < -0.4 is 15.0 Å². The number of nitrogens with zero attached hydrogens (tertiary/aromatic N) is 1. The van der Waals surface area contributed by atoms with Gasteiger partial charge < -0.3 is 34.5 Å². The summed E-state index contributed by atoms with van der Waals surface area (Å²) in [6, 6.07) is 3.79. The quantitative estimate of drug-likeness (QED) is 0.377. The molecule has 1 aliphatic heterocycles. The number of carbonyl (C=O) groups excluding carboxylic acids is 1. The van der Waals surface area contributed by atoms with Crippen molar-refractivity contribution in [1.29, 1.82) is 0 Å². The van der Waals surface area contributed by atoms with Crippen LogP contribution in [-0.2, 0) is 19.9 Å². The van der Waals surface area contributed by atoms with Crippen LogP contribution in [-0.4, -0.2) is 56.2 Å². The second-order valence-electron chi connectivity index (χ2n) is 10.7. The number of hydrogen-bond acceptors (Lipinski definition) is 8. The SMILES string of the molecule is CCC(C)c1cc2cc3c(c(O)c2c(=O)n1C)-c1c(O)c2c(c(OC)c1CC3)O[C@H]1[C@@H](C2=O)[C@@H](O)C=C[C@H]1O. The molecule has 0 radical (unpaired) electrons. The van der Waals surface area contributed by atoms with E-state index in [1.54, 1.807) is 11.6 Å². The molecule has 0 saturated carbocycles. The highest BCUT2D eigenvalue weighted by molar-refractivity contribution is 6.09. The average molecular weight is 534 g/mol. The van der Waals surface area contributed by atoms with Crippen molar-refractivity contribution in [3.05, 3.63) is 57.0 Å². The summed E-state index contributed by atoms with van der Waals surface area (Å²) in [7, 11) is 3.10. The lowest BCUT2D eigenvalue weighted by Gasteiger charge is -2.40. The Labute approximate surface area is 224 Å². The molecule has 5 atom stereocenters. The second-order valence-corrected chi connectivity index (χ2v) is 10.7. The molecule has 9 heteroatoms. The molecule has 3 aromatic rings. The standard InChI is InChI=1S/C30H31NO8/c1-5-12(2)16-11-14-10-13-6-7-15-21(19(13)24(34)20(14)30(37)31(16)3)25(35)23-26(36)22-17(32)8-9-18(33)28(22)39-29(23)27(15)38-4/h8-12,17-18,22,28,32-35H,5-7H2,1-4H3/t12?,17-,18+,22+,28+/m0/s1. The molecular weight excluding hydrogens is 502 g/mol. The van der Waals surface area contributed by atoms with E-state index in [2.05, 4.69) is 0 Å². The van der Waals surface area contributed by atoms with Gasteiger partial charge in [-0.25, -0.2) is 0 Å². The Bertz CT molecular complexity index is 1650. The number of phenols is 2. The Morgan fingerprint density at radius 1 is 1.05 bits per heavy atom. The van der Waals surface area contributed by atoms with Crippen molar-refractivity contribution >= 4 is 16.6 Å². The smallest absolute Gasteiger partial charge is 0.262 e. The van der Waals surface area contributed by atoms with Gasteiger partial charge in [-0.3, -0.25) is 9.59 Å². The number of pyridine rings is 1. The molecule has 4 N–H and O–H groups in total. The summed E-state index contributed by atoms with van der Waals surface area (Å²) >= 11 is 0. The molecule has 2 aliphatic carbocycles. The predicted octanol–water partition coefficient (Wildman–Crippen LogP) is 3.09. The second kappa shape index (κ2) is 8.86. The molecule has 9 nitrogen and oxygen atoms in total. The van der Waals surface area contributed by atoms with Crippen molar-refractivity contribution in [3.63, 3.8) is 0 Å². The maximum Gasteiger partial charge on any atom is 0.262 e. The maximum atomic E-state index is 13.7. The van der Waals surface area contributed by atoms with E-state index >= 15 is 0 Å². The summed E-state index contributed by atoms with van der Waals surface area (Å²) in [4.78, 5) is 27.2. The van der Waals surface area contributed by atoms with Crippen molar-refractivity contribution in [2.75, 3.05) is 7.11 Å². The molecule has 0 spiro atoms. The Morgan fingerprint density at radius 2 is 1.77 bits per heavy atom. The van der Waals surface area contributed by atoms with Gasteiger partial charge in [0.05, 0.1) is 24.5 Å². The monoisotopic (exact) mass is 533 g/mol. The van der Waals surface area contributed by atoms with E-state index in [1.165, 1.54) is 19.3 Å². The van der Waals surface area contributed by atoms with Gasteiger partial charge in [-0.05, 0) is 48.3 Å². The zero-order valence-electron chi connectivity index (χ0n) is 22.2. The van der Waals surface area contributed by atoms with Gasteiger partial charge in [-0.2, -0.15) is 0 Å². The van der Waals surface area contributed by atoms with Crippen LogP contribution in [0.3, 0.4) is 0 Å². The first-order chi connectivity index (χ1) is 18.6. The third-order valence-corrected chi connectivity index (χ3v) is 8.69. The topological polar surface area (TPSA) is 138 Å². The number of carbonyl (C=O) groups is 1. The third-order valence-electron chi connectivity index (χ3n) is 8.69. The number of aliphatic hydroxyl groups excluding tert-OH is 2. The minimum atomic E-state index is -1.21. The Balaban J connectivity index is 1.65. The Hall–Kier alpha value is -3.82. The first-order valence-electron chi connectivity index (χ1n) is 13.2. The van der Waals surface area contributed by atoms with Crippen molar-refractivity contribution in [1.82, 2.24) is 4.57 Å². The van der Waals surface area contributed by atoms with Crippen molar-refractivity contribution in [3.8, 4) is 34.1 Å². The molecule has 0 amide bonds. The summed E-state index contributed by atoms with van der Waals surface area (Å²) in [6.07, 6.45) is 1.06. The van der Waals surface area contributed by atoms with Crippen LogP contribution in [0.2, 0.25) is 0 Å². The molecule has 3 aliphatic rings. The van der Waals surface area contributed by atoms with Gasteiger partial charge in [0.15, 0.2) is 17.3 Å². The van der Waals surface area contributed by atoms with E-state index in [0.717, 1.165) is 17.7 Å². The number of ketones is 1. The molecule has 2 heterocycles. The Kier molecular flexibility index (Phi) is 5.78. The van der Waals surface area contributed by atoms with Crippen LogP contribution in [0.4, 0.5) is 0 Å². The van der Waals surface area contributed by atoms with E-state index < -0.39 is 35.8 Å². The Morgan fingerprint density at radius 3 is 2.46 bits per heavy atom. The molecule has 6 rings (SSSR count). The largest absolute Gasteiger partial charge is 0.506 e. The highest BCUT2D eigenvalue weighted by Gasteiger charge is 2.49. The van der Waals surface area contributed by atoms with Crippen LogP contribution in [0.5, 0.6) is 23.0 Å². The highest BCUT2D eigenvalue weighted by atomic mass is 16.5. The molecule has 0 bridgehead atoms. The minimum Gasteiger partial charge on any atom is -0.506 e. The number of rotatable bonds is 3. The molecule has 2 aromatic carbocycles. The number of methoxy groups -OCH3 is 1. The fourth-order valence-corrected chi connectivity index (χ4v) is 6.46. The van der Waals surface area contributed by atoms with E-state index in [-0.39, 0.29) is 50.8 Å². The highest BCUT2D eigenvalue weighted by Crippen LogP contribution is 2.56. The maximum absolute atomic E-state index is 13.7. The first-order valence-corrected chi connectivity index (χ1v) is 13.2. The minimum absolute atomic E-state index is 0.000567. The summed E-state index contributed by atoms with van der Waals surface area (Å²) in [6.45, 7) is 4.10. The van der Waals surface area contributed by atoms with E-state index in [0.29, 0.717) is 23.8 Å². The molecule has 0 fully saturated rings. The van der Waals surface area contributed by atoms with Crippen LogP contribution >= 0.6 is 0 Å². The number of aryl methyl sites for hydroxylation is 1. The van der Waals surface area contributed by atoms with Crippen molar-refractivity contribution < 1.29 is 34.7 Å². The molecule has 1 aromatic heterocycles. The normalized spacial score (nSPS) is 23.9. The lowest BCUT2D eigenvalue weighted by molar-refractivity contribution is -0.0232. The van der Waals surface area contributed by atoms with Gasteiger partial charge in [0.1, 0.15) is 29.3 Å². The molecule has 1 unspecified atom stereocenters. The molecule has 39 heavy (non-hydrogen) atoms. The van der Waals surface area contributed by atoms with E-state index in [4.69, 9.17) is 9.47 Å². The van der Waals surface area contributed by atoms with Gasteiger partial charge >= 0.3 is 0 Å². The molecular formula is C30H31NO8. The number of aliphatic hydroxyl groups is 2. The summed E-state index contributed by atoms with van der Waals surface area (Å²) in [5.74, 6) is -2.06. The van der Waals surface area contributed by atoms with Crippen LogP contribution in [0.25, 0.3) is 21.9 Å². The van der Waals surface area contributed by atoms with Crippen LogP contribution in [0, 0.1) is 5.92 Å². The zero-order valence-corrected chi connectivity index (χ0v) is 22.2. The van der Waals surface area contributed by atoms with Gasteiger partial charge in [0.2, 0.25) is 0 Å². The lowest BCUT2D eigenvalue weighted by atomic mass is 9.75. The van der Waals surface area contributed by atoms with Crippen molar-refractivity contribution in [2.24, 2.45) is 13.0 Å². The molecule has 204 valence electrons. The molecule has 0 saturated heterocycles. The number of aromatic hydroxyl groups is 2. The summed E-state index contributed by atoms with van der Waals surface area (Å²) in [5, 5.41) is 45.0. The van der Waals surface area contributed by atoms with Crippen molar-refractivity contribution in [2.45, 2.75) is 57.3 Å². The van der Waals surface area contributed by atoms with Crippen LogP contribution in [0.15, 0.2) is 29.1 Å². The lowest BCUT2D eigenvalue weighted by Crippen LogP contribution is -2.52. The van der Waals surface area contributed by atoms with E-state index in [9.17, 15) is 30.0 Å². The number of phenolic OH excluding ortho intramolecular Hbond substituents is 2. The number of ether oxygens (including phenoxy) is 2. The number of Topliss-reactive ketones (excluding diaryl/α,β-unsaturated/α-hetero) is 1. The number of fused-ring (bicyclic) bond motifs is 6. The van der Waals surface area contributed by atoms with Gasteiger partial charge in [-0.1, -0.05) is 26.0 Å². The van der Waals surface area contributed by atoms with Gasteiger partial charge in [0, 0.05) is 29.4 Å². The third kappa shape index (κ3) is 3.39. The first kappa shape index (κ1) is 25.5. The summed E-state index contributed by atoms with van der Waals surface area (Å²) < 4.78 is 13.3. The fourth-order valence-electron chi connectivity index (χ4n) is 6.46.